The Bertz CT molecular complexity index is 1040. The van der Waals surface area contributed by atoms with E-state index in [0.717, 1.165) is 34.7 Å². The van der Waals surface area contributed by atoms with E-state index in [1.807, 2.05) is 49.6 Å². The van der Waals surface area contributed by atoms with E-state index in [1.165, 1.54) is 57.8 Å². The van der Waals surface area contributed by atoms with Crippen LogP contribution in [0.4, 0.5) is 0 Å². The first-order valence-electron chi connectivity index (χ1n) is 14.4. The molecule has 1 unspecified atom stereocenters. The summed E-state index contributed by atoms with van der Waals surface area (Å²) in [5.41, 5.74) is 4.60. The first-order valence-corrected chi connectivity index (χ1v) is 15.8. The van der Waals surface area contributed by atoms with Crippen LogP contribution in [0.2, 0.25) is 0 Å². The van der Waals surface area contributed by atoms with Crippen molar-refractivity contribution in [2.45, 2.75) is 96.7 Å². The third-order valence-corrected chi connectivity index (χ3v) is 8.47. The topological polar surface area (TPSA) is 78.4 Å². The van der Waals surface area contributed by atoms with Gasteiger partial charge in [-0.1, -0.05) is 82.2 Å². The molecule has 5 nitrogen and oxygen atoms in total. The highest BCUT2D eigenvalue weighted by Crippen LogP contribution is 2.30. The van der Waals surface area contributed by atoms with Gasteiger partial charge >= 0.3 is 5.97 Å². The van der Waals surface area contributed by atoms with Crippen molar-refractivity contribution < 1.29 is 14.7 Å². The van der Waals surface area contributed by atoms with E-state index in [2.05, 4.69) is 23.6 Å². The molecule has 1 aliphatic carbocycles. The lowest BCUT2D eigenvalue weighted by molar-refractivity contribution is -0.139. The van der Waals surface area contributed by atoms with Crippen LogP contribution in [0.5, 0.6) is 0 Å². The minimum atomic E-state index is -0.998. The molecule has 1 saturated carbocycles. The van der Waals surface area contributed by atoms with Crippen LogP contribution < -0.4 is 10.6 Å². The molecule has 38 heavy (non-hydrogen) atoms. The van der Waals surface area contributed by atoms with Gasteiger partial charge in [-0.25, -0.2) is 4.79 Å². The van der Waals surface area contributed by atoms with Crippen molar-refractivity contribution in [3.63, 3.8) is 0 Å². The molecule has 208 valence electrons. The molecule has 0 aliphatic heterocycles. The molecule has 0 heterocycles. The number of hydrogen-bond donors (Lipinski definition) is 3. The normalized spacial score (nSPS) is 15.7. The monoisotopic (exact) mass is 538 g/mol. The summed E-state index contributed by atoms with van der Waals surface area (Å²) in [5, 5.41) is 16.3. The third kappa shape index (κ3) is 9.16. The highest BCUT2D eigenvalue weighted by Gasteiger charge is 2.23. The Kier molecular flexibility index (Phi) is 12.7. The van der Waals surface area contributed by atoms with Gasteiger partial charge in [-0.05, 0) is 78.5 Å². The Morgan fingerprint density at radius 1 is 1.05 bits per heavy atom. The van der Waals surface area contributed by atoms with Crippen molar-refractivity contribution in [2.24, 2.45) is 5.92 Å². The van der Waals surface area contributed by atoms with Gasteiger partial charge in [-0.2, -0.15) is 11.8 Å². The van der Waals surface area contributed by atoms with Gasteiger partial charge in [0.2, 0.25) is 0 Å². The van der Waals surface area contributed by atoms with Gasteiger partial charge in [0, 0.05) is 18.2 Å². The van der Waals surface area contributed by atoms with Crippen LogP contribution in [0.1, 0.15) is 92.6 Å². The number of aryl methyl sites for hydroxylation is 1. The van der Waals surface area contributed by atoms with Crippen LogP contribution >= 0.6 is 11.8 Å². The van der Waals surface area contributed by atoms with E-state index in [4.69, 9.17) is 0 Å². The lowest BCUT2D eigenvalue weighted by Gasteiger charge is -2.27. The number of rotatable bonds is 15. The van der Waals surface area contributed by atoms with Crippen LogP contribution in [0, 0.1) is 12.8 Å². The second-order valence-electron chi connectivity index (χ2n) is 10.8. The largest absolute Gasteiger partial charge is 0.480 e. The van der Waals surface area contributed by atoms with Crippen molar-refractivity contribution in [1.82, 2.24) is 10.6 Å². The summed E-state index contributed by atoms with van der Waals surface area (Å²) in [6.45, 7) is 5.06. The molecule has 3 rings (SSSR count). The maximum atomic E-state index is 13.3. The van der Waals surface area contributed by atoms with Crippen molar-refractivity contribution in [2.75, 3.05) is 12.0 Å². The number of hydrogen-bond acceptors (Lipinski definition) is 4. The minimum Gasteiger partial charge on any atom is -0.480 e. The zero-order valence-corrected chi connectivity index (χ0v) is 24.2. The molecule has 1 aliphatic rings. The lowest BCUT2D eigenvalue weighted by Crippen LogP contribution is -2.41. The van der Waals surface area contributed by atoms with Crippen LogP contribution in [0.15, 0.2) is 42.5 Å². The molecule has 2 aromatic carbocycles. The quantitative estimate of drug-likeness (QED) is 0.223. The Balaban J connectivity index is 1.82. The molecule has 0 bridgehead atoms. The molecule has 0 saturated heterocycles. The molecule has 0 radical (unpaired) electrons. The number of benzene rings is 2. The fourth-order valence-corrected chi connectivity index (χ4v) is 6.04. The van der Waals surface area contributed by atoms with Gasteiger partial charge in [0.1, 0.15) is 6.04 Å². The van der Waals surface area contributed by atoms with Crippen molar-refractivity contribution >= 4 is 23.6 Å². The van der Waals surface area contributed by atoms with Gasteiger partial charge < -0.3 is 15.7 Å². The van der Waals surface area contributed by atoms with Gasteiger partial charge in [-0.15, -0.1) is 0 Å². The zero-order valence-electron chi connectivity index (χ0n) is 23.4. The summed E-state index contributed by atoms with van der Waals surface area (Å²) >= 11 is 1.58. The summed E-state index contributed by atoms with van der Waals surface area (Å²) in [7, 11) is 0. The van der Waals surface area contributed by atoms with E-state index in [0.29, 0.717) is 23.8 Å². The Labute approximate surface area is 233 Å². The van der Waals surface area contributed by atoms with Crippen LogP contribution in [-0.4, -0.2) is 41.1 Å². The average molecular weight is 539 g/mol. The number of amides is 1. The second-order valence-corrected chi connectivity index (χ2v) is 11.8. The molecular weight excluding hydrogens is 492 g/mol. The first kappa shape index (κ1) is 30.2. The number of carbonyl (C=O) groups excluding carboxylic acids is 1. The summed E-state index contributed by atoms with van der Waals surface area (Å²) in [6, 6.07) is 13.7. The summed E-state index contributed by atoms with van der Waals surface area (Å²) in [6.07, 6.45) is 14.1. The van der Waals surface area contributed by atoms with E-state index in [9.17, 15) is 14.7 Å². The average Bonchev–Trinajstić information content (AvgIpc) is 2.93. The van der Waals surface area contributed by atoms with E-state index < -0.39 is 12.0 Å². The Morgan fingerprint density at radius 3 is 2.50 bits per heavy atom. The Hall–Kier alpha value is -2.31. The summed E-state index contributed by atoms with van der Waals surface area (Å²) < 4.78 is 0. The SMILES string of the molecule is CCCCC(CC1CCCCC1)NCc1ccc(C(=O)N[C@@H](CCSC)C(=O)O)c(-c2ccccc2C)c1. The van der Waals surface area contributed by atoms with Crippen LogP contribution in [0.3, 0.4) is 0 Å². The minimum absolute atomic E-state index is 0.339. The number of nitrogens with one attached hydrogen (secondary N) is 2. The number of carbonyl (C=O) groups is 2. The number of aliphatic carboxylic acids is 1. The fourth-order valence-electron chi connectivity index (χ4n) is 5.57. The second kappa shape index (κ2) is 15.9. The molecule has 1 fully saturated rings. The maximum absolute atomic E-state index is 13.3. The standard InChI is InChI=1S/C32H46N2O3S/c1-4-5-14-26(20-24-12-7-6-8-13-24)33-22-25-16-17-28(29(21-25)27-15-10-9-11-23(27)2)31(35)34-30(32(36)37)18-19-38-3/h9-11,15-17,21,24,26,30,33H,4-8,12-14,18-20,22H2,1-3H3,(H,34,35)(H,36,37)/t26?,30-/m0/s1. The fraction of sp³-hybridized carbons (Fsp3) is 0.562. The highest BCUT2D eigenvalue weighted by atomic mass is 32.2. The molecule has 2 atom stereocenters. The summed E-state index contributed by atoms with van der Waals surface area (Å²) in [4.78, 5) is 25.1. The van der Waals surface area contributed by atoms with Crippen LogP contribution in [0.25, 0.3) is 11.1 Å². The number of carboxylic acid groups (broad SMARTS) is 1. The van der Waals surface area contributed by atoms with E-state index in [-0.39, 0.29) is 5.91 Å². The van der Waals surface area contributed by atoms with Gasteiger partial charge in [0.15, 0.2) is 0 Å². The lowest BCUT2D eigenvalue weighted by atomic mass is 9.84. The molecule has 0 spiro atoms. The van der Waals surface area contributed by atoms with E-state index in [1.54, 1.807) is 11.8 Å². The Morgan fingerprint density at radius 2 is 1.82 bits per heavy atom. The van der Waals surface area contributed by atoms with Gasteiger partial charge in [0.05, 0.1) is 0 Å². The number of thioether (sulfide) groups is 1. The number of carboxylic acids is 1. The van der Waals surface area contributed by atoms with Crippen LogP contribution in [-0.2, 0) is 11.3 Å². The first-order chi connectivity index (χ1) is 18.4. The summed E-state index contributed by atoms with van der Waals surface area (Å²) in [5.74, 6) is 0.170. The molecular formula is C32H46N2O3S. The highest BCUT2D eigenvalue weighted by molar-refractivity contribution is 7.98. The zero-order chi connectivity index (χ0) is 27.3. The maximum Gasteiger partial charge on any atom is 0.326 e. The molecule has 2 aromatic rings. The predicted octanol–water partition coefficient (Wildman–Crippen LogP) is 7.22. The molecule has 1 amide bonds. The van der Waals surface area contributed by atoms with Gasteiger partial charge in [-0.3, -0.25) is 4.79 Å². The van der Waals surface area contributed by atoms with Crippen molar-refractivity contribution in [3.8, 4) is 11.1 Å². The van der Waals surface area contributed by atoms with Crippen molar-refractivity contribution in [3.05, 3.63) is 59.2 Å². The number of unbranched alkanes of at least 4 members (excludes halogenated alkanes) is 1. The van der Waals surface area contributed by atoms with Crippen molar-refractivity contribution in [1.29, 1.82) is 0 Å². The molecule has 0 aromatic heterocycles. The molecule has 6 heteroatoms. The smallest absolute Gasteiger partial charge is 0.326 e. The predicted molar refractivity (Wildman–Crippen MR) is 160 cm³/mol. The molecule has 3 N–H and O–H groups in total. The van der Waals surface area contributed by atoms with Gasteiger partial charge in [0.25, 0.3) is 5.91 Å². The van der Waals surface area contributed by atoms with E-state index >= 15 is 0 Å². The third-order valence-electron chi connectivity index (χ3n) is 7.82.